The fourth-order valence-corrected chi connectivity index (χ4v) is 3.90. The highest BCUT2D eigenvalue weighted by atomic mass is 32.2. The van der Waals surface area contributed by atoms with Crippen LogP contribution in [0.25, 0.3) is 0 Å². The molecule has 1 aliphatic heterocycles. The molecule has 0 saturated carbocycles. The smallest absolute Gasteiger partial charge is 0.344 e. The van der Waals surface area contributed by atoms with Crippen LogP contribution in [-0.2, 0) is 23.9 Å². The van der Waals surface area contributed by atoms with Gasteiger partial charge in [-0.15, -0.1) is 0 Å². The number of thioether (sulfide) groups is 1. The molecule has 1 aromatic rings. The summed E-state index contributed by atoms with van der Waals surface area (Å²) < 4.78 is 10.1. The van der Waals surface area contributed by atoms with Crippen LogP contribution in [0.4, 0.5) is 5.69 Å². The molecule has 0 atom stereocenters. The monoisotopic (exact) mass is 389 g/mol. The average molecular weight is 389 g/mol. The average Bonchev–Trinajstić information content (AvgIpc) is 2.99. The fraction of sp³-hybridized carbons (Fsp3) is 0.350. The first-order valence-corrected chi connectivity index (χ1v) is 9.57. The Hall–Kier alpha value is -2.54. The predicted octanol–water partition coefficient (Wildman–Crippen LogP) is 3.47. The number of benzene rings is 1. The maximum absolute atomic E-state index is 12.3. The van der Waals surface area contributed by atoms with Gasteiger partial charge in [-0.2, -0.15) is 0 Å². The number of nitrogens with zero attached hydrogens (tertiary/aromatic N) is 1. The number of esters is 2. The Kier molecular flexibility index (Phi) is 7.67. The summed E-state index contributed by atoms with van der Waals surface area (Å²) in [5, 5.41) is 0.588. The van der Waals surface area contributed by atoms with E-state index in [1.165, 1.54) is 18.7 Å². The van der Waals surface area contributed by atoms with E-state index in [0.29, 0.717) is 24.6 Å². The molecule has 144 valence electrons. The van der Waals surface area contributed by atoms with E-state index in [0.717, 1.165) is 23.1 Å². The molecule has 2 rings (SSSR count). The van der Waals surface area contributed by atoms with E-state index in [1.54, 1.807) is 6.92 Å². The van der Waals surface area contributed by atoms with Crippen LogP contribution in [0.2, 0.25) is 0 Å². The molecule has 1 aliphatic rings. The van der Waals surface area contributed by atoms with E-state index < -0.39 is 11.9 Å². The van der Waals surface area contributed by atoms with Crippen molar-refractivity contribution in [3.8, 4) is 0 Å². The van der Waals surface area contributed by atoms with Gasteiger partial charge < -0.3 is 14.4 Å². The van der Waals surface area contributed by atoms with Gasteiger partial charge in [-0.1, -0.05) is 30.5 Å². The quantitative estimate of drug-likeness (QED) is 0.210. The summed E-state index contributed by atoms with van der Waals surface area (Å²) in [6, 6.07) is 7.74. The minimum atomic E-state index is -0.606. The highest BCUT2D eigenvalue weighted by molar-refractivity contribution is 8.03. The van der Waals surface area contributed by atoms with Crippen LogP contribution in [0.5, 0.6) is 0 Å². The summed E-state index contributed by atoms with van der Waals surface area (Å²) in [7, 11) is 0. The number of unbranched alkanes of at least 4 members (excludes halogenated alkanes) is 1. The zero-order chi connectivity index (χ0) is 19.8. The number of hydrogen-bond donors (Lipinski definition) is 0. The summed E-state index contributed by atoms with van der Waals surface area (Å²) in [5.74, 6) is -1.38. The zero-order valence-corrected chi connectivity index (χ0v) is 16.3. The van der Waals surface area contributed by atoms with Crippen molar-refractivity contribution in [3.05, 3.63) is 47.5 Å². The van der Waals surface area contributed by atoms with Gasteiger partial charge in [0.25, 0.3) is 0 Å². The van der Waals surface area contributed by atoms with Crippen molar-refractivity contribution in [2.45, 2.75) is 31.6 Å². The number of fused-ring (bicyclic) bond motifs is 1. The lowest BCUT2D eigenvalue weighted by molar-refractivity contribution is -0.140. The molecule has 0 bridgehead atoms. The number of Topliss-reactive ketones (excluding diaryl/α,β-unsaturated/α-hetero) is 1. The maximum Gasteiger partial charge on any atom is 0.344 e. The number of ether oxygens (including phenoxy) is 2. The topological polar surface area (TPSA) is 72.9 Å². The van der Waals surface area contributed by atoms with Gasteiger partial charge in [0.05, 0.1) is 23.9 Å². The van der Waals surface area contributed by atoms with Crippen molar-refractivity contribution in [2.75, 3.05) is 24.7 Å². The minimum absolute atomic E-state index is 0.0659. The lowest BCUT2D eigenvalue weighted by Gasteiger charge is -2.22. The van der Waals surface area contributed by atoms with Crippen molar-refractivity contribution in [1.82, 2.24) is 0 Å². The maximum atomic E-state index is 12.3. The van der Waals surface area contributed by atoms with Crippen molar-refractivity contribution in [1.29, 1.82) is 0 Å². The van der Waals surface area contributed by atoms with Crippen molar-refractivity contribution in [3.63, 3.8) is 0 Å². The molecule has 27 heavy (non-hydrogen) atoms. The van der Waals surface area contributed by atoms with Gasteiger partial charge >= 0.3 is 11.9 Å². The van der Waals surface area contributed by atoms with Crippen molar-refractivity contribution in [2.24, 2.45) is 0 Å². The molecular weight excluding hydrogens is 366 g/mol. The summed E-state index contributed by atoms with van der Waals surface area (Å²) >= 11 is 1.39. The largest absolute Gasteiger partial charge is 0.463 e. The molecule has 0 radical (unpaired) electrons. The molecule has 1 heterocycles. The second-order valence-electron chi connectivity index (χ2n) is 5.76. The number of ketones is 1. The summed E-state index contributed by atoms with van der Waals surface area (Å²) in [5.41, 5.74) is 1.01. The Labute approximate surface area is 163 Å². The molecule has 0 aromatic heterocycles. The number of anilines is 1. The Bertz CT molecular complexity index is 771. The van der Waals surface area contributed by atoms with Gasteiger partial charge in [0.1, 0.15) is 5.57 Å². The van der Waals surface area contributed by atoms with Crippen LogP contribution in [0.1, 0.15) is 26.7 Å². The molecular formula is C20H23NO5S. The summed E-state index contributed by atoms with van der Waals surface area (Å²) in [6.45, 7) is 7.52. The van der Waals surface area contributed by atoms with E-state index >= 15 is 0 Å². The molecule has 6 nitrogen and oxygen atoms in total. The van der Waals surface area contributed by atoms with E-state index in [9.17, 15) is 14.4 Å². The number of hydrogen-bond acceptors (Lipinski definition) is 7. The molecule has 7 heteroatoms. The fourth-order valence-electron chi connectivity index (χ4n) is 2.63. The number of carbonyl (C=O) groups excluding carboxylic acids is 3. The SMILES string of the molecule is C=CC(=O)OCCCCN1C(=C(C(C)=O)C(=O)OCC)Sc2ccccc21. The summed E-state index contributed by atoms with van der Waals surface area (Å²) in [6.07, 6.45) is 2.51. The van der Waals surface area contributed by atoms with E-state index in [4.69, 9.17) is 9.47 Å². The third kappa shape index (κ3) is 5.23. The first-order valence-electron chi connectivity index (χ1n) is 8.75. The highest BCUT2D eigenvalue weighted by Crippen LogP contribution is 2.47. The number of para-hydroxylation sites is 1. The molecule has 0 unspecified atom stereocenters. The van der Waals surface area contributed by atoms with Gasteiger partial charge in [0.15, 0.2) is 5.78 Å². The number of rotatable bonds is 9. The molecule has 0 fully saturated rings. The van der Waals surface area contributed by atoms with Crippen molar-refractivity contribution >= 4 is 35.2 Å². The van der Waals surface area contributed by atoms with Crippen LogP contribution < -0.4 is 4.90 Å². The normalized spacial score (nSPS) is 14.4. The van der Waals surface area contributed by atoms with E-state index in [2.05, 4.69) is 6.58 Å². The Morgan fingerprint density at radius 1 is 1.19 bits per heavy atom. The van der Waals surface area contributed by atoms with Gasteiger partial charge in [0, 0.05) is 17.5 Å². The number of carbonyl (C=O) groups is 3. The standard InChI is InChI=1S/C20H23NO5S/c1-4-17(23)26-13-9-8-12-21-15-10-6-7-11-16(15)27-19(21)18(14(3)22)20(24)25-5-2/h4,6-7,10-11H,1,5,8-9,12-13H2,2-3H3. The second kappa shape index (κ2) is 9.97. The van der Waals surface area contributed by atoms with Gasteiger partial charge in [0.2, 0.25) is 0 Å². The van der Waals surface area contributed by atoms with E-state index in [1.807, 2.05) is 29.2 Å². The Morgan fingerprint density at radius 3 is 2.59 bits per heavy atom. The lowest BCUT2D eigenvalue weighted by atomic mass is 10.2. The molecule has 0 N–H and O–H groups in total. The first kappa shape index (κ1) is 20.8. The van der Waals surface area contributed by atoms with Crippen LogP contribution >= 0.6 is 11.8 Å². The van der Waals surface area contributed by atoms with Gasteiger partial charge in [-0.3, -0.25) is 4.79 Å². The van der Waals surface area contributed by atoms with Crippen molar-refractivity contribution < 1.29 is 23.9 Å². The molecule has 0 amide bonds. The third-order valence-electron chi connectivity index (χ3n) is 3.84. The second-order valence-corrected chi connectivity index (χ2v) is 6.79. The minimum Gasteiger partial charge on any atom is -0.463 e. The highest BCUT2D eigenvalue weighted by Gasteiger charge is 2.32. The molecule has 1 aromatic carbocycles. The van der Waals surface area contributed by atoms with Crippen LogP contribution in [0, 0.1) is 0 Å². The Balaban J connectivity index is 2.21. The van der Waals surface area contributed by atoms with Crippen LogP contribution in [0.15, 0.2) is 52.4 Å². The zero-order valence-electron chi connectivity index (χ0n) is 15.5. The summed E-state index contributed by atoms with van der Waals surface area (Å²) in [4.78, 5) is 38.5. The third-order valence-corrected chi connectivity index (χ3v) is 5.02. The van der Waals surface area contributed by atoms with Crippen LogP contribution in [0.3, 0.4) is 0 Å². The molecule has 0 saturated heterocycles. The van der Waals surface area contributed by atoms with E-state index in [-0.39, 0.29) is 18.0 Å². The molecule has 0 aliphatic carbocycles. The predicted molar refractivity (Wildman–Crippen MR) is 104 cm³/mol. The first-order chi connectivity index (χ1) is 13.0. The lowest BCUT2D eigenvalue weighted by Crippen LogP contribution is -2.25. The van der Waals surface area contributed by atoms with Crippen LogP contribution in [-0.4, -0.2) is 37.5 Å². The molecule has 0 spiro atoms. The van der Waals surface area contributed by atoms with Gasteiger partial charge in [-0.05, 0) is 38.8 Å². The Morgan fingerprint density at radius 2 is 1.93 bits per heavy atom. The van der Waals surface area contributed by atoms with Gasteiger partial charge in [-0.25, -0.2) is 9.59 Å².